The molecule has 0 spiro atoms. The Bertz CT molecular complexity index is 1440. The number of anilines is 1. The van der Waals surface area contributed by atoms with Crippen LogP contribution in [-0.2, 0) is 29.2 Å². The number of rotatable bonds is 8. The fraction of sp³-hybridized carbons (Fsp3) is 0.148. The number of nitrogens with two attached hydrogens (primary N) is 1. The van der Waals surface area contributed by atoms with Crippen LogP contribution in [0.4, 0.5) is 5.69 Å². The van der Waals surface area contributed by atoms with Crippen molar-refractivity contribution in [1.82, 2.24) is 10.3 Å². The van der Waals surface area contributed by atoms with E-state index in [1.54, 1.807) is 18.3 Å². The minimum atomic E-state index is -0.396. The number of nitrogens with one attached hydrogen (secondary N) is 3. The minimum Gasteiger partial charge on any atom is -0.489 e. The molecule has 4 aromatic rings. The Morgan fingerprint density at radius 1 is 1.03 bits per heavy atom. The van der Waals surface area contributed by atoms with Gasteiger partial charge in [0, 0.05) is 36.6 Å². The monoisotopic (exact) mass is 537 g/mol. The van der Waals surface area contributed by atoms with Crippen LogP contribution in [0.15, 0.2) is 71.9 Å². The number of aromatic amines is 1. The van der Waals surface area contributed by atoms with Crippen LogP contribution in [0, 0.1) is 0 Å². The quantitative estimate of drug-likeness (QED) is 0.182. The Balaban J connectivity index is 1.34. The second-order valence-electron chi connectivity index (χ2n) is 8.33. The van der Waals surface area contributed by atoms with Crippen molar-refractivity contribution in [2.75, 3.05) is 5.32 Å². The van der Waals surface area contributed by atoms with Crippen molar-refractivity contribution in [2.24, 2.45) is 10.7 Å². The van der Waals surface area contributed by atoms with Gasteiger partial charge in [-0.15, -0.1) is 0 Å². The molecule has 8 nitrogen and oxygen atoms in total. The minimum absolute atomic E-state index is 0.0281. The molecule has 0 unspecified atom stereocenters. The third kappa shape index (κ3) is 7.03. The molecule has 37 heavy (non-hydrogen) atoms. The van der Waals surface area contributed by atoms with E-state index in [1.165, 1.54) is 6.92 Å². The average Bonchev–Trinajstić information content (AvgIpc) is 3.26. The lowest BCUT2D eigenvalue weighted by Gasteiger charge is -2.11. The van der Waals surface area contributed by atoms with Gasteiger partial charge in [0.25, 0.3) is 5.91 Å². The lowest BCUT2D eigenvalue weighted by Crippen LogP contribution is -2.32. The number of hydrogen-bond donors (Lipinski definition) is 4. The van der Waals surface area contributed by atoms with E-state index in [9.17, 15) is 9.59 Å². The van der Waals surface area contributed by atoms with Gasteiger partial charge < -0.3 is 26.1 Å². The zero-order valence-electron chi connectivity index (χ0n) is 20.0. The highest BCUT2D eigenvalue weighted by atomic mass is 35.5. The molecule has 0 atom stereocenters. The molecule has 0 aliphatic heterocycles. The Kier molecular flexibility index (Phi) is 8.32. The number of amides is 2. The second-order valence-corrected chi connectivity index (χ2v) is 9.15. The predicted molar refractivity (Wildman–Crippen MR) is 147 cm³/mol. The summed E-state index contributed by atoms with van der Waals surface area (Å²) in [5.74, 6) is 0.0245. The van der Waals surface area contributed by atoms with Gasteiger partial charge in [-0.1, -0.05) is 53.5 Å². The molecule has 1 aromatic heterocycles. The number of carbonyl (C=O) groups is 2. The molecule has 0 saturated heterocycles. The lowest BCUT2D eigenvalue weighted by atomic mass is 10.1. The number of H-pyrrole nitrogens is 1. The molecule has 0 fully saturated rings. The normalized spacial score (nSPS) is 11.4. The molecule has 1 heterocycles. The van der Waals surface area contributed by atoms with Gasteiger partial charge in [0.2, 0.25) is 5.91 Å². The maximum Gasteiger partial charge on any atom is 0.253 e. The number of halogens is 2. The highest BCUT2D eigenvalue weighted by Crippen LogP contribution is 2.32. The molecule has 3 aromatic carbocycles. The molecule has 10 heteroatoms. The van der Waals surface area contributed by atoms with E-state index in [2.05, 4.69) is 20.6 Å². The summed E-state index contributed by atoms with van der Waals surface area (Å²) in [5, 5.41) is 6.95. The van der Waals surface area contributed by atoms with Crippen molar-refractivity contribution in [3.63, 3.8) is 0 Å². The number of carbonyl (C=O) groups excluding carboxylic acids is 2. The van der Waals surface area contributed by atoms with Crippen molar-refractivity contribution in [3.8, 4) is 5.75 Å². The molecular weight excluding hydrogens is 513 g/mol. The first-order valence-electron chi connectivity index (χ1n) is 11.4. The smallest absolute Gasteiger partial charge is 0.253 e. The average molecular weight is 538 g/mol. The Morgan fingerprint density at radius 2 is 1.76 bits per heavy atom. The van der Waals surface area contributed by atoms with Crippen LogP contribution in [0.2, 0.25) is 10.0 Å². The summed E-state index contributed by atoms with van der Waals surface area (Å²) in [7, 11) is 0. The van der Waals surface area contributed by atoms with Gasteiger partial charge in [0.15, 0.2) is 5.96 Å². The molecule has 5 N–H and O–H groups in total. The van der Waals surface area contributed by atoms with Crippen molar-refractivity contribution >= 4 is 57.6 Å². The number of fused-ring (bicyclic) bond motifs is 1. The zero-order valence-corrected chi connectivity index (χ0v) is 21.5. The van der Waals surface area contributed by atoms with E-state index in [0.717, 1.165) is 27.8 Å². The van der Waals surface area contributed by atoms with Crippen molar-refractivity contribution < 1.29 is 14.3 Å². The van der Waals surface area contributed by atoms with Crippen LogP contribution >= 0.6 is 23.2 Å². The summed E-state index contributed by atoms with van der Waals surface area (Å²) in [5.41, 5.74) is 9.70. The lowest BCUT2D eigenvalue weighted by molar-refractivity contribution is -0.117. The first kappa shape index (κ1) is 26.1. The van der Waals surface area contributed by atoms with Gasteiger partial charge in [-0.05, 0) is 41.0 Å². The molecule has 4 rings (SSSR count). The summed E-state index contributed by atoms with van der Waals surface area (Å²) in [4.78, 5) is 30.9. The predicted octanol–water partition coefficient (Wildman–Crippen LogP) is 5.19. The SMILES string of the molecule is CC(=O)Nc1c(Cl)cc(CN/C(N)=N/C(=O)Cc2c[nH]c3cc(OCc4ccccc4)ccc23)cc1Cl. The summed E-state index contributed by atoms with van der Waals surface area (Å²) >= 11 is 12.4. The van der Waals surface area contributed by atoms with Crippen molar-refractivity contribution in [1.29, 1.82) is 0 Å². The van der Waals surface area contributed by atoms with Crippen LogP contribution in [-0.4, -0.2) is 22.8 Å². The molecule has 0 bridgehead atoms. The molecule has 0 aliphatic carbocycles. The largest absolute Gasteiger partial charge is 0.489 e. The molecular formula is C27H25Cl2N5O3. The zero-order chi connectivity index (χ0) is 26.4. The number of aromatic nitrogens is 1. The topological polar surface area (TPSA) is 122 Å². The van der Waals surface area contributed by atoms with E-state index < -0.39 is 5.91 Å². The van der Waals surface area contributed by atoms with Crippen LogP contribution in [0.3, 0.4) is 0 Å². The highest BCUT2D eigenvalue weighted by Gasteiger charge is 2.12. The summed E-state index contributed by atoms with van der Waals surface area (Å²) in [6, 6.07) is 18.9. The van der Waals surface area contributed by atoms with Gasteiger partial charge >= 0.3 is 0 Å². The summed E-state index contributed by atoms with van der Waals surface area (Å²) in [6.07, 6.45) is 1.86. The first-order chi connectivity index (χ1) is 17.8. The third-order valence-electron chi connectivity index (χ3n) is 5.45. The summed E-state index contributed by atoms with van der Waals surface area (Å²) < 4.78 is 5.88. The van der Waals surface area contributed by atoms with Gasteiger partial charge in [-0.25, -0.2) is 0 Å². The number of aliphatic imine (C=N–C) groups is 1. The molecule has 0 radical (unpaired) electrons. The Labute approximate surface area is 223 Å². The second kappa shape index (κ2) is 11.8. The number of guanidine groups is 1. The van der Waals surface area contributed by atoms with Crippen LogP contribution in [0.1, 0.15) is 23.6 Å². The van der Waals surface area contributed by atoms with Crippen LogP contribution in [0.25, 0.3) is 10.9 Å². The standard InChI is InChI=1S/C27H25Cl2N5O3/c1-16(35)33-26-22(28)9-18(10-23(26)29)13-32-27(30)34-25(36)11-19-14-31-24-12-20(7-8-21(19)24)37-15-17-5-3-2-4-6-17/h2-10,12,14,31H,11,13,15H2,1H3,(H,33,35)(H3,30,32,34,36). The fourth-order valence-electron chi connectivity index (χ4n) is 3.73. The highest BCUT2D eigenvalue weighted by molar-refractivity contribution is 6.39. The van der Waals surface area contributed by atoms with Crippen LogP contribution < -0.4 is 21.1 Å². The van der Waals surface area contributed by atoms with Crippen molar-refractivity contribution in [2.45, 2.75) is 26.5 Å². The molecule has 190 valence electrons. The Morgan fingerprint density at radius 3 is 2.46 bits per heavy atom. The number of nitrogens with zero attached hydrogens (tertiary/aromatic N) is 1. The molecule has 0 saturated carbocycles. The summed E-state index contributed by atoms with van der Waals surface area (Å²) in [6.45, 7) is 2.07. The van der Waals surface area contributed by atoms with E-state index in [1.807, 2.05) is 48.5 Å². The fourth-order valence-corrected chi connectivity index (χ4v) is 4.36. The maximum absolute atomic E-state index is 12.5. The van der Waals surface area contributed by atoms with Crippen molar-refractivity contribution in [3.05, 3.63) is 93.6 Å². The van der Waals surface area contributed by atoms with Gasteiger partial charge in [-0.3, -0.25) is 9.59 Å². The van der Waals surface area contributed by atoms with Crippen LogP contribution in [0.5, 0.6) is 5.75 Å². The molecule has 2 amide bonds. The van der Waals surface area contributed by atoms with E-state index in [0.29, 0.717) is 27.9 Å². The Hall–Kier alpha value is -4.01. The van der Waals surface area contributed by atoms with E-state index >= 15 is 0 Å². The number of ether oxygens (including phenoxy) is 1. The van der Waals surface area contributed by atoms with E-state index in [-0.39, 0.29) is 24.8 Å². The van der Waals surface area contributed by atoms with Gasteiger partial charge in [0.05, 0.1) is 22.2 Å². The number of benzene rings is 3. The van der Waals surface area contributed by atoms with Gasteiger partial charge in [-0.2, -0.15) is 4.99 Å². The van der Waals surface area contributed by atoms with E-state index in [4.69, 9.17) is 33.7 Å². The number of hydrogen-bond acceptors (Lipinski definition) is 3. The third-order valence-corrected chi connectivity index (χ3v) is 6.05. The maximum atomic E-state index is 12.5. The molecule has 0 aliphatic rings. The van der Waals surface area contributed by atoms with Gasteiger partial charge in [0.1, 0.15) is 12.4 Å². The first-order valence-corrected chi connectivity index (χ1v) is 12.2.